The molecule has 0 atom stereocenters. The summed E-state index contributed by atoms with van der Waals surface area (Å²) in [6, 6.07) is 24.3. The first-order valence-electron chi connectivity index (χ1n) is 9.51. The van der Waals surface area contributed by atoms with Gasteiger partial charge in [-0.25, -0.2) is 0 Å². The van der Waals surface area contributed by atoms with Crippen LogP contribution in [0.2, 0.25) is 5.02 Å². The summed E-state index contributed by atoms with van der Waals surface area (Å²) >= 11 is 11.1. The molecule has 0 radical (unpaired) electrons. The zero-order valence-corrected chi connectivity index (χ0v) is 17.9. The molecule has 0 aliphatic carbocycles. The number of thiocarbonyl (C=S) groups is 1. The smallest absolute Gasteiger partial charge is 0.270 e. The second-order valence-electron chi connectivity index (χ2n) is 6.84. The van der Waals surface area contributed by atoms with Gasteiger partial charge in [0.05, 0.1) is 5.69 Å². The lowest BCUT2D eigenvalue weighted by Gasteiger charge is -2.28. The molecule has 152 valence electrons. The third-order valence-corrected chi connectivity index (χ3v) is 5.24. The minimum absolute atomic E-state index is 0.0103. The number of amides is 2. The largest absolute Gasteiger partial charge is 0.298 e. The molecule has 0 bridgehead atoms. The maximum Gasteiger partial charge on any atom is 0.270 e. The maximum atomic E-state index is 13.0. The minimum Gasteiger partial charge on any atom is -0.298 e. The van der Waals surface area contributed by atoms with E-state index in [1.165, 1.54) is 4.90 Å². The molecule has 0 saturated carbocycles. The summed E-state index contributed by atoms with van der Waals surface area (Å²) in [7, 11) is 0. The van der Waals surface area contributed by atoms with E-state index in [-0.39, 0.29) is 10.7 Å². The van der Waals surface area contributed by atoms with Gasteiger partial charge in [-0.05, 0) is 59.2 Å². The summed E-state index contributed by atoms with van der Waals surface area (Å²) in [5.74, 6) is -1.00. The highest BCUT2D eigenvalue weighted by atomic mass is 35.5. The van der Waals surface area contributed by atoms with Crippen LogP contribution in [0, 0.1) is 0 Å². The lowest BCUT2D eigenvalue weighted by atomic mass is 10.0. The van der Waals surface area contributed by atoms with Crippen molar-refractivity contribution in [1.29, 1.82) is 0 Å². The minimum atomic E-state index is -0.520. The molecule has 4 nitrogen and oxygen atoms in total. The summed E-state index contributed by atoms with van der Waals surface area (Å²) in [5, 5.41) is 3.16. The van der Waals surface area contributed by atoms with Gasteiger partial charge in [-0.15, -0.1) is 0 Å². The number of nitrogens with zero attached hydrogens (tertiary/aromatic N) is 1. The van der Waals surface area contributed by atoms with Gasteiger partial charge in [-0.1, -0.05) is 78.4 Å². The number of rotatable bonds is 4. The van der Waals surface area contributed by atoms with Gasteiger partial charge in [-0.3, -0.25) is 19.8 Å². The van der Waals surface area contributed by atoms with E-state index in [1.807, 2.05) is 66.7 Å². The summed E-state index contributed by atoms with van der Waals surface area (Å²) in [4.78, 5) is 26.7. The molecule has 1 saturated heterocycles. The molecule has 4 rings (SSSR count). The maximum absolute atomic E-state index is 13.0. The van der Waals surface area contributed by atoms with Crippen molar-refractivity contribution in [2.75, 3.05) is 4.90 Å². The van der Waals surface area contributed by atoms with Crippen LogP contribution in [-0.2, 0) is 9.59 Å². The third-order valence-electron chi connectivity index (χ3n) is 4.70. The number of anilines is 1. The highest BCUT2D eigenvalue weighted by molar-refractivity contribution is 7.80. The van der Waals surface area contributed by atoms with E-state index in [2.05, 4.69) is 5.32 Å². The number of hydrogen-bond donors (Lipinski definition) is 1. The molecule has 0 spiro atoms. The van der Waals surface area contributed by atoms with Gasteiger partial charge in [0.1, 0.15) is 5.57 Å². The Morgan fingerprint density at radius 1 is 0.774 bits per heavy atom. The van der Waals surface area contributed by atoms with Crippen LogP contribution in [0.25, 0.3) is 18.2 Å². The molecule has 6 heteroatoms. The highest BCUT2D eigenvalue weighted by Crippen LogP contribution is 2.24. The zero-order valence-electron chi connectivity index (χ0n) is 16.3. The third kappa shape index (κ3) is 4.79. The lowest BCUT2D eigenvalue weighted by molar-refractivity contribution is -0.122. The van der Waals surface area contributed by atoms with Crippen molar-refractivity contribution in [3.05, 3.63) is 106 Å². The summed E-state index contributed by atoms with van der Waals surface area (Å²) < 4.78 is 0. The predicted molar refractivity (Wildman–Crippen MR) is 129 cm³/mol. The van der Waals surface area contributed by atoms with Gasteiger partial charge in [-0.2, -0.15) is 0 Å². The zero-order chi connectivity index (χ0) is 21.8. The molecule has 2 amide bonds. The van der Waals surface area contributed by atoms with E-state index in [1.54, 1.807) is 30.3 Å². The van der Waals surface area contributed by atoms with E-state index in [0.717, 1.165) is 16.7 Å². The Labute approximate surface area is 190 Å². The summed E-state index contributed by atoms with van der Waals surface area (Å²) in [6.07, 6.45) is 5.59. The van der Waals surface area contributed by atoms with Crippen molar-refractivity contribution >= 4 is 64.7 Å². The first-order chi connectivity index (χ1) is 15.0. The molecule has 0 unspecified atom stereocenters. The number of carbonyl (C=O) groups excluding carboxylic acids is 2. The van der Waals surface area contributed by atoms with Crippen molar-refractivity contribution in [2.45, 2.75) is 0 Å². The Morgan fingerprint density at radius 3 is 2.00 bits per heavy atom. The monoisotopic (exact) mass is 444 g/mol. The fraction of sp³-hybridized carbons (Fsp3) is 0. The van der Waals surface area contributed by atoms with Crippen LogP contribution in [0.1, 0.15) is 16.7 Å². The lowest BCUT2D eigenvalue weighted by Crippen LogP contribution is -2.54. The quantitative estimate of drug-likeness (QED) is 0.256. The molecular formula is C25H17ClN2O2S. The van der Waals surface area contributed by atoms with Gasteiger partial charge in [0.25, 0.3) is 11.8 Å². The van der Waals surface area contributed by atoms with Crippen molar-refractivity contribution in [1.82, 2.24) is 5.32 Å². The molecule has 1 N–H and O–H groups in total. The number of halogens is 1. The predicted octanol–water partition coefficient (Wildman–Crippen LogP) is 5.34. The Balaban J connectivity index is 1.57. The normalized spacial score (nSPS) is 15.6. The number of benzene rings is 3. The molecule has 31 heavy (non-hydrogen) atoms. The van der Waals surface area contributed by atoms with Crippen molar-refractivity contribution < 1.29 is 9.59 Å². The van der Waals surface area contributed by atoms with Gasteiger partial charge in [0, 0.05) is 5.02 Å². The van der Waals surface area contributed by atoms with Gasteiger partial charge in [0.2, 0.25) is 0 Å². The highest BCUT2D eigenvalue weighted by Gasteiger charge is 2.34. The van der Waals surface area contributed by atoms with Crippen LogP contribution in [0.3, 0.4) is 0 Å². The van der Waals surface area contributed by atoms with E-state index in [9.17, 15) is 9.59 Å². The van der Waals surface area contributed by atoms with E-state index < -0.39 is 11.8 Å². The van der Waals surface area contributed by atoms with Gasteiger partial charge in [0.15, 0.2) is 5.11 Å². The average Bonchev–Trinajstić information content (AvgIpc) is 2.78. The molecule has 1 fully saturated rings. The fourth-order valence-electron chi connectivity index (χ4n) is 3.11. The van der Waals surface area contributed by atoms with Crippen molar-refractivity contribution in [3.8, 4) is 0 Å². The Kier molecular flexibility index (Phi) is 6.07. The van der Waals surface area contributed by atoms with Gasteiger partial charge >= 0.3 is 0 Å². The second-order valence-corrected chi connectivity index (χ2v) is 7.67. The topological polar surface area (TPSA) is 49.4 Å². The SMILES string of the molecule is O=C1NC(=S)N(c2ccc(Cl)cc2)C(=O)/C1=C\c1ccc(/C=C/c2ccccc2)cc1. The second kappa shape index (κ2) is 9.08. The van der Waals surface area contributed by atoms with Crippen LogP contribution < -0.4 is 10.2 Å². The van der Waals surface area contributed by atoms with Crippen LogP contribution in [0.4, 0.5) is 5.69 Å². The number of hydrogen-bond acceptors (Lipinski definition) is 3. The average molecular weight is 445 g/mol. The van der Waals surface area contributed by atoms with Crippen molar-refractivity contribution in [3.63, 3.8) is 0 Å². The standard InChI is InChI=1S/C25H17ClN2O2S/c26-20-12-14-21(15-13-20)28-24(30)22(23(29)27-25(28)31)16-19-10-8-18(9-11-19)7-6-17-4-2-1-3-5-17/h1-16H,(H,27,29,31)/b7-6+,22-16-. The Hall–Kier alpha value is -3.54. The number of nitrogens with one attached hydrogen (secondary N) is 1. The summed E-state index contributed by atoms with van der Waals surface area (Å²) in [6.45, 7) is 0. The molecule has 3 aromatic rings. The summed E-state index contributed by atoms with van der Waals surface area (Å²) in [5.41, 5.74) is 3.40. The molecule has 1 heterocycles. The molecule has 3 aromatic carbocycles. The van der Waals surface area contributed by atoms with E-state index >= 15 is 0 Å². The van der Waals surface area contributed by atoms with Crippen LogP contribution >= 0.6 is 23.8 Å². The molecular weight excluding hydrogens is 428 g/mol. The van der Waals surface area contributed by atoms with E-state index in [4.69, 9.17) is 23.8 Å². The number of carbonyl (C=O) groups is 2. The molecule has 1 aliphatic rings. The van der Waals surface area contributed by atoms with Crippen molar-refractivity contribution in [2.24, 2.45) is 0 Å². The van der Waals surface area contributed by atoms with Crippen LogP contribution in [0.15, 0.2) is 84.4 Å². The van der Waals surface area contributed by atoms with Crippen LogP contribution in [0.5, 0.6) is 0 Å². The first kappa shape index (κ1) is 20.7. The first-order valence-corrected chi connectivity index (χ1v) is 10.3. The molecule has 0 aromatic heterocycles. The molecule has 1 aliphatic heterocycles. The van der Waals surface area contributed by atoms with E-state index in [0.29, 0.717) is 10.7 Å². The fourth-order valence-corrected chi connectivity index (χ4v) is 3.52. The Morgan fingerprint density at radius 2 is 1.35 bits per heavy atom. The van der Waals surface area contributed by atoms with Gasteiger partial charge < -0.3 is 0 Å². The Bertz CT molecular complexity index is 1200. The van der Waals surface area contributed by atoms with Crippen LogP contribution in [-0.4, -0.2) is 16.9 Å².